The number of rotatable bonds is 2. The summed E-state index contributed by atoms with van der Waals surface area (Å²) in [7, 11) is 0. The van der Waals surface area contributed by atoms with Gasteiger partial charge in [0.05, 0.1) is 10.6 Å². The van der Waals surface area contributed by atoms with Gasteiger partial charge in [0, 0.05) is 16.3 Å². The van der Waals surface area contributed by atoms with Gasteiger partial charge in [-0.15, -0.1) is 0 Å². The third kappa shape index (κ3) is 2.35. The molecule has 0 fully saturated rings. The summed E-state index contributed by atoms with van der Waals surface area (Å²) in [6.45, 7) is 0. The van der Waals surface area contributed by atoms with Crippen molar-refractivity contribution in [2.75, 3.05) is 5.73 Å². The minimum Gasteiger partial charge on any atom is -0.398 e. The van der Waals surface area contributed by atoms with Crippen molar-refractivity contribution in [3.63, 3.8) is 0 Å². The second kappa shape index (κ2) is 5.15. The molecule has 0 atom stereocenters. The zero-order valence-electron chi connectivity index (χ0n) is 10.2. The Labute approximate surface area is 125 Å². The molecule has 2 N–H and O–H groups in total. The van der Waals surface area contributed by atoms with Gasteiger partial charge in [-0.25, -0.2) is 0 Å². The van der Waals surface area contributed by atoms with E-state index in [2.05, 4.69) is 10.1 Å². The van der Waals surface area contributed by atoms with Crippen molar-refractivity contribution in [3.05, 3.63) is 52.5 Å². The quantitative estimate of drug-likeness (QED) is 0.717. The van der Waals surface area contributed by atoms with Gasteiger partial charge in [-0.05, 0) is 24.3 Å². The third-order valence-corrected chi connectivity index (χ3v) is 3.32. The van der Waals surface area contributed by atoms with E-state index in [1.807, 2.05) is 12.1 Å². The smallest absolute Gasteiger partial charge is 0.261 e. The average Bonchev–Trinajstić information content (AvgIpc) is 2.88. The molecule has 1 heterocycles. The Balaban J connectivity index is 2.07. The summed E-state index contributed by atoms with van der Waals surface area (Å²) in [6, 6.07) is 12.4. The molecule has 100 valence electrons. The van der Waals surface area contributed by atoms with E-state index in [0.29, 0.717) is 27.1 Å². The van der Waals surface area contributed by atoms with Crippen LogP contribution in [0.5, 0.6) is 0 Å². The minimum atomic E-state index is 0.281. The lowest BCUT2D eigenvalue weighted by Crippen LogP contribution is -1.90. The zero-order chi connectivity index (χ0) is 14.1. The monoisotopic (exact) mass is 305 g/mol. The van der Waals surface area contributed by atoms with Crippen molar-refractivity contribution in [2.45, 2.75) is 0 Å². The molecule has 3 aromatic rings. The highest BCUT2D eigenvalue weighted by Gasteiger charge is 2.16. The largest absolute Gasteiger partial charge is 0.398 e. The molecule has 0 amide bonds. The van der Waals surface area contributed by atoms with E-state index in [-0.39, 0.29) is 5.89 Å². The topological polar surface area (TPSA) is 64.9 Å². The molecule has 6 heteroatoms. The standard InChI is InChI=1S/C14H9Cl2N3O/c15-9-4-1-3-8(7-9)13-18-14(20-19-13)12-10(16)5-2-6-11(12)17/h1-7H,17H2. The molecule has 1 aromatic heterocycles. The molecule has 3 rings (SSSR count). The summed E-state index contributed by atoms with van der Waals surface area (Å²) < 4.78 is 5.24. The lowest BCUT2D eigenvalue weighted by molar-refractivity contribution is 0.432. The highest BCUT2D eigenvalue weighted by molar-refractivity contribution is 6.33. The van der Waals surface area contributed by atoms with Gasteiger partial charge in [-0.1, -0.05) is 46.6 Å². The van der Waals surface area contributed by atoms with E-state index in [1.165, 1.54) is 0 Å². The van der Waals surface area contributed by atoms with E-state index in [0.717, 1.165) is 5.56 Å². The first-order chi connectivity index (χ1) is 9.65. The Hall–Kier alpha value is -2.04. The fourth-order valence-electron chi connectivity index (χ4n) is 1.84. The van der Waals surface area contributed by atoms with E-state index in [9.17, 15) is 0 Å². The van der Waals surface area contributed by atoms with Crippen LogP contribution in [0.4, 0.5) is 5.69 Å². The molecule has 0 aliphatic heterocycles. The summed E-state index contributed by atoms with van der Waals surface area (Å²) in [4.78, 5) is 4.31. The number of hydrogen-bond donors (Lipinski definition) is 1. The van der Waals surface area contributed by atoms with E-state index in [4.69, 9.17) is 33.5 Å². The van der Waals surface area contributed by atoms with Gasteiger partial charge in [0.2, 0.25) is 5.82 Å². The van der Waals surface area contributed by atoms with E-state index < -0.39 is 0 Å². The number of halogens is 2. The molecule has 4 nitrogen and oxygen atoms in total. The third-order valence-electron chi connectivity index (χ3n) is 2.77. The number of benzene rings is 2. The number of nitrogens with zero attached hydrogens (tertiary/aromatic N) is 2. The normalized spacial score (nSPS) is 10.7. The Bertz CT molecular complexity index is 750. The van der Waals surface area contributed by atoms with Crippen LogP contribution < -0.4 is 5.73 Å². The summed E-state index contributed by atoms with van der Waals surface area (Å²) in [5.41, 5.74) is 7.68. The number of nitrogen functional groups attached to an aromatic ring is 1. The maximum atomic E-state index is 6.12. The van der Waals surface area contributed by atoms with Crippen molar-refractivity contribution < 1.29 is 4.52 Å². The predicted octanol–water partition coefficient (Wildman–Crippen LogP) is 4.29. The number of aromatic nitrogens is 2. The van der Waals surface area contributed by atoms with Crippen molar-refractivity contribution >= 4 is 28.9 Å². The van der Waals surface area contributed by atoms with Crippen LogP contribution in [-0.2, 0) is 0 Å². The van der Waals surface area contributed by atoms with Crippen molar-refractivity contribution in [2.24, 2.45) is 0 Å². The molecule has 0 spiro atoms. The van der Waals surface area contributed by atoms with Crippen LogP contribution >= 0.6 is 23.2 Å². The van der Waals surface area contributed by atoms with Crippen LogP contribution in [0.2, 0.25) is 10.0 Å². The second-order valence-corrected chi connectivity index (χ2v) is 4.98. The van der Waals surface area contributed by atoms with Crippen molar-refractivity contribution in [3.8, 4) is 22.8 Å². The van der Waals surface area contributed by atoms with E-state index >= 15 is 0 Å². The molecule has 2 aromatic carbocycles. The maximum Gasteiger partial charge on any atom is 0.261 e. The maximum absolute atomic E-state index is 6.12. The molecule has 20 heavy (non-hydrogen) atoms. The van der Waals surface area contributed by atoms with Gasteiger partial charge in [-0.3, -0.25) is 0 Å². The zero-order valence-corrected chi connectivity index (χ0v) is 11.7. The molecule has 0 radical (unpaired) electrons. The number of nitrogens with two attached hydrogens (primary N) is 1. The van der Waals surface area contributed by atoms with Crippen LogP contribution in [0.1, 0.15) is 0 Å². The Morgan fingerprint density at radius 2 is 1.85 bits per heavy atom. The molecule has 0 bridgehead atoms. The molecule has 0 saturated carbocycles. The van der Waals surface area contributed by atoms with Gasteiger partial charge in [0.15, 0.2) is 0 Å². The van der Waals surface area contributed by atoms with Gasteiger partial charge in [0.1, 0.15) is 0 Å². The number of anilines is 1. The lowest BCUT2D eigenvalue weighted by atomic mass is 10.2. The first-order valence-electron chi connectivity index (χ1n) is 5.79. The minimum absolute atomic E-state index is 0.281. The molecule has 0 aliphatic carbocycles. The Kier molecular flexibility index (Phi) is 3.34. The fourth-order valence-corrected chi connectivity index (χ4v) is 2.29. The van der Waals surface area contributed by atoms with Crippen LogP contribution in [0.3, 0.4) is 0 Å². The van der Waals surface area contributed by atoms with Gasteiger partial charge in [-0.2, -0.15) is 4.98 Å². The Morgan fingerprint density at radius 3 is 2.60 bits per heavy atom. The first kappa shape index (κ1) is 13.0. The van der Waals surface area contributed by atoms with Gasteiger partial charge >= 0.3 is 0 Å². The number of hydrogen-bond acceptors (Lipinski definition) is 4. The van der Waals surface area contributed by atoms with Crippen LogP contribution in [-0.4, -0.2) is 10.1 Å². The molecule has 0 saturated heterocycles. The first-order valence-corrected chi connectivity index (χ1v) is 6.55. The second-order valence-electron chi connectivity index (χ2n) is 4.14. The Morgan fingerprint density at radius 1 is 1.05 bits per heavy atom. The fraction of sp³-hybridized carbons (Fsp3) is 0. The SMILES string of the molecule is Nc1cccc(Cl)c1-c1nc(-c2cccc(Cl)c2)no1. The summed E-state index contributed by atoms with van der Waals surface area (Å²) in [5, 5.41) is 4.99. The van der Waals surface area contributed by atoms with E-state index in [1.54, 1.807) is 30.3 Å². The highest BCUT2D eigenvalue weighted by atomic mass is 35.5. The van der Waals surface area contributed by atoms with Gasteiger partial charge in [0.25, 0.3) is 5.89 Å². The molecular formula is C14H9Cl2N3O. The molecule has 0 aliphatic rings. The molecule has 0 unspecified atom stereocenters. The van der Waals surface area contributed by atoms with Crippen LogP contribution in [0, 0.1) is 0 Å². The average molecular weight is 306 g/mol. The lowest BCUT2D eigenvalue weighted by Gasteiger charge is -2.01. The highest BCUT2D eigenvalue weighted by Crippen LogP contribution is 2.33. The van der Waals surface area contributed by atoms with Gasteiger partial charge < -0.3 is 10.3 Å². The summed E-state index contributed by atoms with van der Waals surface area (Å²) in [5.74, 6) is 0.713. The van der Waals surface area contributed by atoms with Crippen LogP contribution in [0.25, 0.3) is 22.8 Å². The predicted molar refractivity (Wildman–Crippen MR) is 79.6 cm³/mol. The van der Waals surface area contributed by atoms with Crippen molar-refractivity contribution in [1.82, 2.24) is 10.1 Å². The summed E-state index contributed by atoms with van der Waals surface area (Å²) in [6.07, 6.45) is 0. The van der Waals surface area contributed by atoms with Crippen molar-refractivity contribution in [1.29, 1.82) is 0 Å². The van der Waals surface area contributed by atoms with Crippen LogP contribution in [0.15, 0.2) is 47.0 Å². The summed E-state index contributed by atoms with van der Waals surface area (Å²) >= 11 is 12.1. The molecular weight excluding hydrogens is 297 g/mol.